The van der Waals surface area contributed by atoms with Crippen LogP contribution in [0.4, 0.5) is 4.79 Å². The number of imide groups is 1. The fourth-order valence-corrected chi connectivity index (χ4v) is 5.19. The summed E-state index contributed by atoms with van der Waals surface area (Å²) >= 11 is 11.8. The molecule has 2 aliphatic rings. The van der Waals surface area contributed by atoms with Gasteiger partial charge in [-0.15, -0.1) is 0 Å². The smallest absolute Gasteiger partial charge is 0.326 e. The molecule has 1 aromatic rings. The van der Waals surface area contributed by atoms with E-state index in [2.05, 4.69) is 26.1 Å². The third kappa shape index (κ3) is 5.01. The topological polar surface area (TPSA) is 84.9 Å². The summed E-state index contributed by atoms with van der Waals surface area (Å²) in [6.07, 6.45) is 2.11. The minimum absolute atomic E-state index is 0.0450. The second kappa shape index (κ2) is 8.63. The van der Waals surface area contributed by atoms with Gasteiger partial charge in [0.15, 0.2) is 0 Å². The molecule has 1 N–H and O–H groups in total. The van der Waals surface area contributed by atoms with Crippen molar-refractivity contribution in [2.75, 3.05) is 19.8 Å². The summed E-state index contributed by atoms with van der Waals surface area (Å²) in [6.45, 7) is 5.86. The first kappa shape index (κ1) is 22.7. The zero-order valence-corrected chi connectivity index (χ0v) is 18.8. The van der Waals surface area contributed by atoms with Crippen LogP contribution in [0.15, 0.2) is 18.2 Å². The van der Waals surface area contributed by atoms with E-state index < -0.39 is 24.1 Å². The summed E-state index contributed by atoms with van der Waals surface area (Å²) in [6, 6.07) is 4.25. The molecular weight excluding hydrogens is 431 g/mol. The highest BCUT2D eigenvalue weighted by atomic mass is 35.5. The molecule has 1 aliphatic carbocycles. The maximum absolute atomic E-state index is 13.0. The lowest BCUT2D eigenvalue weighted by atomic mass is 9.64. The van der Waals surface area contributed by atoms with Crippen molar-refractivity contribution in [3.8, 4) is 5.75 Å². The molecule has 2 unspecified atom stereocenters. The van der Waals surface area contributed by atoms with E-state index >= 15 is 0 Å². The lowest BCUT2D eigenvalue weighted by Gasteiger charge is -2.43. The van der Waals surface area contributed by atoms with Gasteiger partial charge in [0, 0.05) is 5.02 Å². The number of halogens is 2. The largest absolute Gasteiger partial charge is 0.488 e. The van der Waals surface area contributed by atoms with Crippen LogP contribution in [0.2, 0.25) is 10.0 Å². The van der Waals surface area contributed by atoms with Gasteiger partial charge in [-0.05, 0) is 48.8 Å². The predicted octanol–water partition coefficient (Wildman–Crippen LogP) is 4.05. The Morgan fingerprint density at radius 1 is 1.23 bits per heavy atom. The highest BCUT2D eigenvalue weighted by Gasteiger charge is 2.56. The van der Waals surface area contributed by atoms with E-state index in [0.717, 1.165) is 11.3 Å². The van der Waals surface area contributed by atoms with E-state index in [1.807, 2.05) is 0 Å². The molecule has 9 heteroatoms. The Morgan fingerprint density at radius 2 is 1.97 bits per heavy atom. The van der Waals surface area contributed by atoms with Crippen molar-refractivity contribution >= 4 is 41.1 Å². The van der Waals surface area contributed by atoms with Gasteiger partial charge in [-0.1, -0.05) is 44.0 Å². The van der Waals surface area contributed by atoms with Crippen molar-refractivity contribution in [1.82, 2.24) is 10.2 Å². The van der Waals surface area contributed by atoms with E-state index in [4.69, 9.17) is 32.7 Å². The Morgan fingerprint density at radius 3 is 2.63 bits per heavy atom. The number of urea groups is 1. The number of amides is 3. The minimum atomic E-state index is -0.938. The van der Waals surface area contributed by atoms with Gasteiger partial charge in [0.05, 0.1) is 5.02 Å². The second-order valence-corrected chi connectivity index (χ2v) is 9.75. The summed E-state index contributed by atoms with van der Waals surface area (Å²) in [5.41, 5.74) is -1.01. The zero-order chi connectivity index (χ0) is 22.1. The van der Waals surface area contributed by atoms with Crippen LogP contribution in [0, 0.1) is 11.3 Å². The summed E-state index contributed by atoms with van der Waals surface area (Å²) in [4.78, 5) is 38.6. The molecule has 1 saturated heterocycles. The summed E-state index contributed by atoms with van der Waals surface area (Å²) in [5.74, 6) is -0.318. The Hall–Kier alpha value is -1.99. The lowest BCUT2D eigenvalue weighted by Crippen LogP contribution is -2.54. The van der Waals surface area contributed by atoms with Crippen molar-refractivity contribution in [1.29, 1.82) is 0 Å². The molecule has 7 nitrogen and oxygen atoms in total. The number of rotatable bonds is 6. The number of ether oxygens (including phenoxy) is 2. The zero-order valence-electron chi connectivity index (χ0n) is 17.3. The van der Waals surface area contributed by atoms with Gasteiger partial charge in [-0.3, -0.25) is 14.5 Å². The summed E-state index contributed by atoms with van der Waals surface area (Å²) < 4.78 is 10.6. The Bertz CT molecular complexity index is 860. The summed E-state index contributed by atoms with van der Waals surface area (Å²) in [5, 5.41) is 3.68. The van der Waals surface area contributed by atoms with E-state index in [-0.39, 0.29) is 24.5 Å². The maximum atomic E-state index is 13.0. The molecule has 2 fully saturated rings. The van der Waals surface area contributed by atoms with Gasteiger partial charge in [-0.25, -0.2) is 4.79 Å². The minimum Gasteiger partial charge on any atom is -0.488 e. The van der Waals surface area contributed by atoms with Crippen LogP contribution < -0.4 is 10.1 Å². The van der Waals surface area contributed by atoms with Crippen molar-refractivity contribution < 1.29 is 23.9 Å². The molecular formula is C21H26Cl2N2O5. The van der Waals surface area contributed by atoms with Crippen LogP contribution >= 0.6 is 23.2 Å². The lowest BCUT2D eigenvalue weighted by molar-refractivity contribution is -0.149. The highest BCUT2D eigenvalue weighted by molar-refractivity contribution is 6.35. The fraction of sp³-hybridized carbons (Fsp3) is 0.571. The third-order valence-electron chi connectivity index (χ3n) is 5.41. The molecule has 1 spiro atoms. The van der Waals surface area contributed by atoms with Crippen molar-refractivity contribution in [2.45, 2.75) is 45.6 Å². The van der Waals surface area contributed by atoms with E-state index in [1.54, 1.807) is 18.2 Å². The van der Waals surface area contributed by atoms with Gasteiger partial charge in [0.1, 0.15) is 31.0 Å². The maximum Gasteiger partial charge on any atom is 0.326 e. The number of nitrogens with zero attached hydrogens (tertiary/aromatic N) is 1. The van der Waals surface area contributed by atoms with Crippen molar-refractivity contribution in [2.24, 2.45) is 11.3 Å². The van der Waals surface area contributed by atoms with Crippen LogP contribution in [-0.2, 0) is 14.3 Å². The number of hydrogen-bond donors (Lipinski definition) is 1. The predicted molar refractivity (Wildman–Crippen MR) is 113 cm³/mol. The molecule has 1 heterocycles. The fourth-order valence-electron chi connectivity index (χ4n) is 4.72. The molecule has 2 atom stereocenters. The Kier molecular flexibility index (Phi) is 6.53. The van der Waals surface area contributed by atoms with Gasteiger partial charge in [-0.2, -0.15) is 0 Å². The number of nitrogens with one attached hydrogen (secondary N) is 1. The average Bonchev–Trinajstić information content (AvgIpc) is 2.82. The molecule has 1 saturated carbocycles. The first-order chi connectivity index (χ1) is 14.0. The molecule has 164 valence electrons. The number of carbonyl (C=O) groups is 3. The van der Waals surface area contributed by atoms with Crippen LogP contribution in [0.1, 0.15) is 40.0 Å². The van der Waals surface area contributed by atoms with Gasteiger partial charge in [0.2, 0.25) is 0 Å². The number of carbonyl (C=O) groups excluding carboxylic acids is 3. The Labute approximate surface area is 186 Å². The number of hydrogen-bond acceptors (Lipinski definition) is 5. The first-order valence-corrected chi connectivity index (χ1v) is 10.6. The van der Waals surface area contributed by atoms with Crippen molar-refractivity contribution in [3.63, 3.8) is 0 Å². The molecule has 30 heavy (non-hydrogen) atoms. The normalized spacial score (nSPS) is 25.4. The van der Waals surface area contributed by atoms with Gasteiger partial charge >= 0.3 is 12.0 Å². The number of benzene rings is 1. The van der Waals surface area contributed by atoms with Crippen LogP contribution in [0.5, 0.6) is 5.75 Å². The highest BCUT2D eigenvalue weighted by Crippen LogP contribution is 2.46. The van der Waals surface area contributed by atoms with Crippen LogP contribution in [0.25, 0.3) is 0 Å². The molecule has 0 radical (unpaired) electrons. The quantitative estimate of drug-likeness (QED) is 0.396. The molecule has 1 aromatic carbocycles. The molecule has 3 rings (SSSR count). The van der Waals surface area contributed by atoms with Crippen molar-refractivity contribution in [3.05, 3.63) is 28.2 Å². The molecule has 0 bridgehead atoms. The standard InChI is InChI=1S/C21H26Cl2N2O5/c1-13-9-20(2,3)12-21(10-13)18(27)25(19(28)24-21)11-17(26)30-7-6-29-16-5-4-14(22)8-15(16)23/h4-5,8,13H,6-7,9-12H2,1-3H3,(H,24,28). The van der Waals surface area contributed by atoms with E-state index in [9.17, 15) is 14.4 Å². The SMILES string of the molecule is CC1CC(C)(C)CC2(C1)NC(=O)N(CC(=O)OCCOc1ccc(Cl)cc1Cl)C2=O. The Balaban J connectivity index is 1.51. The van der Waals surface area contributed by atoms with Crippen LogP contribution in [-0.4, -0.2) is 48.1 Å². The van der Waals surface area contributed by atoms with Crippen LogP contribution in [0.3, 0.4) is 0 Å². The molecule has 3 amide bonds. The summed E-state index contributed by atoms with van der Waals surface area (Å²) in [7, 11) is 0. The van der Waals surface area contributed by atoms with Gasteiger partial charge in [0.25, 0.3) is 5.91 Å². The second-order valence-electron chi connectivity index (χ2n) is 8.90. The average molecular weight is 457 g/mol. The number of esters is 1. The molecule has 1 aliphatic heterocycles. The van der Waals surface area contributed by atoms with E-state index in [1.165, 1.54) is 0 Å². The third-order valence-corrected chi connectivity index (χ3v) is 5.94. The monoisotopic (exact) mass is 456 g/mol. The van der Waals surface area contributed by atoms with Gasteiger partial charge < -0.3 is 14.8 Å². The van der Waals surface area contributed by atoms with E-state index in [0.29, 0.717) is 34.6 Å². The first-order valence-electron chi connectivity index (χ1n) is 9.89. The molecule has 0 aromatic heterocycles.